The van der Waals surface area contributed by atoms with Crippen LogP contribution >= 0.6 is 0 Å². The van der Waals surface area contributed by atoms with Crippen LogP contribution in [0.1, 0.15) is 25.0 Å². The van der Waals surface area contributed by atoms with Crippen molar-refractivity contribution >= 4 is 0 Å². The van der Waals surface area contributed by atoms with Crippen molar-refractivity contribution in [2.45, 2.75) is 25.8 Å². The Morgan fingerprint density at radius 2 is 2.36 bits per heavy atom. The Kier molecular flexibility index (Phi) is 2.93. The SMILES string of the molecule is NCc1ccnc(OCCC2CC2)n1. The lowest BCUT2D eigenvalue weighted by atomic mass is 10.3. The molecule has 2 rings (SSSR count). The molecule has 76 valence electrons. The van der Waals surface area contributed by atoms with E-state index in [1.807, 2.05) is 0 Å². The largest absolute Gasteiger partial charge is 0.463 e. The van der Waals surface area contributed by atoms with Gasteiger partial charge in [-0.15, -0.1) is 0 Å². The summed E-state index contributed by atoms with van der Waals surface area (Å²) in [6, 6.07) is 2.25. The number of rotatable bonds is 5. The van der Waals surface area contributed by atoms with Crippen LogP contribution < -0.4 is 10.5 Å². The van der Waals surface area contributed by atoms with E-state index in [1.54, 1.807) is 12.3 Å². The minimum Gasteiger partial charge on any atom is -0.463 e. The molecule has 0 amide bonds. The van der Waals surface area contributed by atoms with Crippen molar-refractivity contribution in [3.8, 4) is 6.01 Å². The molecule has 0 bridgehead atoms. The lowest BCUT2D eigenvalue weighted by molar-refractivity contribution is 0.278. The van der Waals surface area contributed by atoms with Gasteiger partial charge in [-0.05, 0) is 18.4 Å². The maximum Gasteiger partial charge on any atom is 0.316 e. The van der Waals surface area contributed by atoms with Gasteiger partial charge in [-0.25, -0.2) is 4.98 Å². The van der Waals surface area contributed by atoms with Crippen LogP contribution in [0.15, 0.2) is 12.3 Å². The standard InChI is InChI=1S/C10H15N3O/c11-7-9-3-5-12-10(13-9)14-6-4-8-1-2-8/h3,5,8H,1-2,4,6-7,11H2. The maximum absolute atomic E-state index is 5.46. The van der Waals surface area contributed by atoms with Crippen molar-refractivity contribution in [1.82, 2.24) is 9.97 Å². The molecule has 4 heteroatoms. The number of ether oxygens (including phenoxy) is 1. The van der Waals surface area contributed by atoms with Gasteiger partial charge < -0.3 is 10.5 Å². The molecule has 1 saturated carbocycles. The molecule has 0 unspecified atom stereocenters. The Morgan fingerprint density at radius 3 is 3.07 bits per heavy atom. The van der Waals surface area contributed by atoms with Gasteiger partial charge >= 0.3 is 6.01 Å². The second-order valence-corrected chi connectivity index (χ2v) is 3.62. The summed E-state index contributed by atoms with van der Waals surface area (Å²) >= 11 is 0. The van der Waals surface area contributed by atoms with Crippen molar-refractivity contribution < 1.29 is 4.74 Å². The summed E-state index contributed by atoms with van der Waals surface area (Å²) in [6.07, 6.45) is 5.51. The molecule has 14 heavy (non-hydrogen) atoms. The molecule has 4 nitrogen and oxygen atoms in total. The third-order valence-corrected chi connectivity index (χ3v) is 2.35. The highest BCUT2D eigenvalue weighted by molar-refractivity contribution is 5.04. The van der Waals surface area contributed by atoms with Gasteiger partial charge in [0.2, 0.25) is 0 Å². The molecule has 0 atom stereocenters. The van der Waals surface area contributed by atoms with Gasteiger partial charge in [0, 0.05) is 12.7 Å². The van der Waals surface area contributed by atoms with Gasteiger partial charge in [0.05, 0.1) is 12.3 Å². The van der Waals surface area contributed by atoms with Crippen LogP contribution in [0.25, 0.3) is 0 Å². The van der Waals surface area contributed by atoms with Gasteiger partial charge in [0.15, 0.2) is 0 Å². The van der Waals surface area contributed by atoms with Crippen LogP contribution in [0.5, 0.6) is 6.01 Å². The molecular weight excluding hydrogens is 178 g/mol. The van der Waals surface area contributed by atoms with Crippen LogP contribution in [0.2, 0.25) is 0 Å². The third kappa shape index (κ3) is 2.67. The molecule has 0 radical (unpaired) electrons. The zero-order valence-corrected chi connectivity index (χ0v) is 8.15. The van der Waals surface area contributed by atoms with E-state index in [2.05, 4.69) is 9.97 Å². The summed E-state index contributed by atoms with van der Waals surface area (Å²) < 4.78 is 5.42. The molecule has 1 aromatic heterocycles. The van der Waals surface area contributed by atoms with Crippen molar-refractivity contribution in [2.75, 3.05) is 6.61 Å². The fourth-order valence-corrected chi connectivity index (χ4v) is 1.28. The highest BCUT2D eigenvalue weighted by atomic mass is 16.5. The molecule has 0 saturated heterocycles. The van der Waals surface area contributed by atoms with E-state index in [0.717, 1.165) is 24.6 Å². The van der Waals surface area contributed by atoms with Gasteiger partial charge in [-0.3, -0.25) is 0 Å². The summed E-state index contributed by atoms with van der Waals surface area (Å²) in [6.45, 7) is 1.15. The molecule has 1 aromatic rings. The first-order valence-corrected chi connectivity index (χ1v) is 5.03. The molecule has 2 N–H and O–H groups in total. The van der Waals surface area contributed by atoms with Crippen molar-refractivity contribution in [3.05, 3.63) is 18.0 Å². The minimum atomic E-state index is 0.432. The summed E-state index contributed by atoms with van der Waals surface area (Å²) in [4.78, 5) is 8.17. The van der Waals surface area contributed by atoms with Crippen molar-refractivity contribution in [2.24, 2.45) is 11.7 Å². The van der Waals surface area contributed by atoms with Crippen LogP contribution in [0.4, 0.5) is 0 Å². The highest BCUT2D eigenvalue weighted by Crippen LogP contribution is 2.32. The summed E-state index contributed by atoms with van der Waals surface area (Å²) in [5.74, 6) is 0.882. The monoisotopic (exact) mass is 193 g/mol. The van der Waals surface area contributed by atoms with E-state index in [-0.39, 0.29) is 0 Å². The molecule has 1 aliphatic carbocycles. The van der Waals surface area contributed by atoms with Crippen molar-refractivity contribution in [3.63, 3.8) is 0 Å². The normalized spacial score (nSPS) is 15.5. The summed E-state index contributed by atoms with van der Waals surface area (Å²) in [5.41, 5.74) is 6.28. The van der Waals surface area contributed by atoms with E-state index in [9.17, 15) is 0 Å². The van der Waals surface area contributed by atoms with Crippen LogP contribution in [0.3, 0.4) is 0 Å². The number of hydrogen-bond donors (Lipinski definition) is 1. The zero-order valence-electron chi connectivity index (χ0n) is 8.15. The molecule has 0 spiro atoms. The van der Waals surface area contributed by atoms with E-state index >= 15 is 0 Å². The van der Waals surface area contributed by atoms with Gasteiger partial charge in [0.1, 0.15) is 0 Å². The van der Waals surface area contributed by atoms with Crippen LogP contribution in [-0.2, 0) is 6.54 Å². The Balaban J connectivity index is 1.81. The number of nitrogens with two attached hydrogens (primary N) is 1. The number of hydrogen-bond acceptors (Lipinski definition) is 4. The Labute approximate surface area is 83.5 Å². The van der Waals surface area contributed by atoms with Crippen LogP contribution in [-0.4, -0.2) is 16.6 Å². The van der Waals surface area contributed by atoms with Crippen LogP contribution in [0, 0.1) is 5.92 Å². The van der Waals surface area contributed by atoms with E-state index in [4.69, 9.17) is 10.5 Å². The van der Waals surface area contributed by atoms with E-state index in [1.165, 1.54) is 12.8 Å². The summed E-state index contributed by atoms with van der Waals surface area (Å²) in [7, 11) is 0. The number of nitrogens with zero attached hydrogens (tertiary/aromatic N) is 2. The molecular formula is C10H15N3O. The second kappa shape index (κ2) is 4.37. The molecule has 1 heterocycles. The maximum atomic E-state index is 5.46. The van der Waals surface area contributed by atoms with E-state index in [0.29, 0.717) is 12.6 Å². The van der Waals surface area contributed by atoms with Crippen molar-refractivity contribution in [1.29, 1.82) is 0 Å². The first kappa shape index (κ1) is 9.40. The van der Waals surface area contributed by atoms with E-state index < -0.39 is 0 Å². The Morgan fingerprint density at radius 1 is 1.50 bits per heavy atom. The topological polar surface area (TPSA) is 61.0 Å². The predicted octanol–water partition coefficient (Wildman–Crippen LogP) is 1.11. The van der Waals surface area contributed by atoms with Gasteiger partial charge in [-0.1, -0.05) is 12.8 Å². The van der Waals surface area contributed by atoms with Gasteiger partial charge in [0.25, 0.3) is 0 Å². The average Bonchev–Trinajstić information content (AvgIpc) is 3.02. The first-order chi connectivity index (χ1) is 6.88. The predicted molar refractivity (Wildman–Crippen MR) is 52.8 cm³/mol. The third-order valence-electron chi connectivity index (χ3n) is 2.35. The smallest absolute Gasteiger partial charge is 0.316 e. The Hall–Kier alpha value is -1.16. The lowest BCUT2D eigenvalue weighted by Gasteiger charge is -2.03. The fraction of sp³-hybridized carbons (Fsp3) is 0.600. The minimum absolute atomic E-state index is 0.432. The molecule has 1 aliphatic rings. The lowest BCUT2D eigenvalue weighted by Crippen LogP contribution is -2.05. The quantitative estimate of drug-likeness (QED) is 0.761. The average molecular weight is 193 g/mol. The summed E-state index contributed by atoms with van der Waals surface area (Å²) in [5, 5.41) is 0. The first-order valence-electron chi connectivity index (χ1n) is 5.03. The molecule has 0 aromatic carbocycles. The number of aromatic nitrogens is 2. The second-order valence-electron chi connectivity index (χ2n) is 3.62. The zero-order chi connectivity index (χ0) is 9.80. The fourth-order valence-electron chi connectivity index (χ4n) is 1.28. The highest BCUT2D eigenvalue weighted by Gasteiger charge is 2.20. The van der Waals surface area contributed by atoms with Gasteiger partial charge in [-0.2, -0.15) is 4.98 Å². The molecule has 0 aliphatic heterocycles. The molecule has 1 fully saturated rings. The Bertz CT molecular complexity index is 299.